The van der Waals surface area contributed by atoms with E-state index in [0.717, 1.165) is 35.7 Å². The molecular formula is C35H39F2N3O4S. The topological polar surface area (TPSA) is 108 Å². The highest BCUT2D eigenvalue weighted by Gasteiger charge is 2.24. The van der Waals surface area contributed by atoms with Crippen molar-refractivity contribution >= 4 is 15.9 Å². The zero-order chi connectivity index (χ0) is 32.4. The van der Waals surface area contributed by atoms with Crippen LogP contribution in [-0.2, 0) is 35.8 Å². The maximum absolute atomic E-state index is 13.9. The first-order chi connectivity index (χ1) is 21.5. The highest BCUT2D eigenvalue weighted by atomic mass is 32.2. The number of sulfonamides is 1. The summed E-state index contributed by atoms with van der Waals surface area (Å²) in [5.74, 6) is -2.09. The van der Waals surface area contributed by atoms with E-state index >= 15 is 0 Å². The number of rotatable bonds is 15. The summed E-state index contributed by atoms with van der Waals surface area (Å²) in [5.41, 5.74) is 3.65. The van der Waals surface area contributed by atoms with Crippen molar-refractivity contribution in [2.45, 2.75) is 62.7 Å². The van der Waals surface area contributed by atoms with E-state index in [4.69, 9.17) is 0 Å². The molecular weight excluding hydrogens is 596 g/mol. The zero-order valence-electron chi connectivity index (χ0n) is 25.3. The first-order valence-corrected chi connectivity index (χ1v) is 16.4. The van der Waals surface area contributed by atoms with Gasteiger partial charge in [-0.1, -0.05) is 61.5 Å². The second-order valence-corrected chi connectivity index (χ2v) is 12.9. The number of carbonyl (C=O) groups excluding carboxylic acids is 1. The first-order valence-electron chi connectivity index (χ1n) is 14.9. The van der Waals surface area contributed by atoms with Gasteiger partial charge in [0, 0.05) is 30.8 Å². The van der Waals surface area contributed by atoms with Crippen molar-refractivity contribution in [2.75, 3.05) is 6.54 Å². The van der Waals surface area contributed by atoms with Crippen LogP contribution in [0.5, 0.6) is 0 Å². The Morgan fingerprint density at radius 1 is 0.800 bits per heavy atom. The van der Waals surface area contributed by atoms with E-state index in [1.54, 1.807) is 6.92 Å². The van der Waals surface area contributed by atoms with Gasteiger partial charge in [-0.25, -0.2) is 21.9 Å². The summed E-state index contributed by atoms with van der Waals surface area (Å²) in [6.07, 6.45) is 0.263. The number of aliphatic hydroxyl groups excluding tert-OH is 1. The van der Waals surface area contributed by atoms with Crippen LogP contribution in [-0.4, -0.2) is 44.2 Å². The van der Waals surface area contributed by atoms with Crippen molar-refractivity contribution in [3.8, 4) is 0 Å². The van der Waals surface area contributed by atoms with Crippen molar-refractivity contribution < 1.29 is 27.1 Å². The largest absolute Gasteiger partial charge is 0.390 e. The molecule has 0 radical (unpaired) electrons. The molecule has 0 heterocycles. The molecule has 0 aromatic heterocycles. The quantitative estimate of drug-likeness (QED) is 0.148. The number of halogens is 2. The lowest BCUT2D eigenvalue weighted by atomic mass is 10.00. The van der Waals surface area contributed by atoms with Crippen LogP contribution in [0.25, 0.3) is 0 Å². The molecule has 10 heteroatoms. The molecule has 0 aliphatic rings. The molecule has 0 saturated heterocycles. The van der Waals surface area contributed by atoms with Gasteiger partial charge in [0.15, 0.2) is 0 Å². The Hall–Kier alpha value is -3.96. The Morgan fingerprint density at radius 3 is 2.11 bits per heavy atom. The Kier molecular flexibility index (Phi) is 12.0. The van der Waals surface area contributed by atoms with Gasteiger partial charge >= 0.3 is 0 Å². The molecule has 0 fully saturated rings. The number of carbonyl (C=O) groups is 1. The number of amides is 1. The van der Waals surface area contributed by atoms with Crippen LogP contribution >= 0.6 is 0 Å². The van der Waals surface area contributed by atoms with Crippen LogP contribution in [0.1, 0.15) is 46.5 Å². The minimum absolute atomic E-state index is 0.00197. The molecule has 4 rings (SSSR count). The second-order valence-electron chi connectivity index (χ2n) is 11.2. The van der Waals surface area contributed by atoms with Crippen molar-refractivity contribution in [1.29, 1.82) is 0 Å². The Labute approximate surface area is 263 Å². The van der Waals surface area contributed by atoms with E-state index in [2.05, 4.69) is 28.3 Å². The van der Waals surface area contributed by atoms with Crippen LogP contribution in [0.3, 0.4) is 0 Å². The standard InChI is InChI=1S/C35H39F2N3O4S/c1-3-25-10-7-11-27(17-25)22-38-23-34(41)33(20-28-18-30(36)21-31(37)19-28)39-35(42)29-12-14-32(15-13-29)45(43,44)40-24(2)16-26-8-5-4-6-9-26/h4-15,17-19,21,24,33-34,38,40-41H,3,16,20,22-23H2,1-2H3,(H,39,42)/t24?,33-,34+/m0/s1. The van der Waals surface area contributed by atoms with Crippen molar-refractivity contribution in [3.05, 3.63) is 137 Å². The van der Waals surface area contributed by atoms with Crippen LogP contribution < -0.4 is 15.4 Å². The zero-order valence-corrected chi connectivity index (χ0v) is 26.2. The van der Waals surface area contributed by atoms with Crippen molar-refractivity contribution in [1.82, 2.24) is 15.4 Å². The predicted octanol–water partition coefficient (Wildman–Crippen LogP) is 4.93. The summed E-state index contributed by atoms with van der Waals surface area (Å²) in [6.45, 7) is 4.42. The smallest absolute Gasteiger partial charge is 0.251 e. The van der Waals surface area contributed by atoms with Gasteiger partial charge in [-0.2, -0.15) is 0 Å². The molecule has 1 unspecified atom stereocenters. The normalized spacial score (nSPS) is 13.6. The molecule has 45 heavy (non-hydrogen) atoms. The fourth-order valence-corrected chi connectivity index (χ4v) is 6.36. The highest BCUT2D eigenvalue weighted by molar-refractivity contribution is 7.89. The maximum Gasteiger partial charge on any atom is 0.251 e. The number of hydrogen-bond donors (Lipinski definition) is 4. The van der Waals surface area contributed by atoms with Gasteiger partial charge < -0.3 is 15.7 Å². The first kappa shape index (κ1) is 33.9. The molecule has 3 atom stereocenters. The maximum atomic E-state index is 13.9. The summed E-state index contributed by atoms with van der Waals surface area (Å²) >= 11 is 0. The van der Waals surface area contributed by atoms with E-state index < -0.39 is 39.7 Å². The fraction of sp³-hybridized carbons (Fsp3) is 0.286. The molecule has 1 amide bonds. The van der Waals surface area contributed by atoms with Crippen LogP contribution in [0.15, 0.2) is 102 Å². The van der Waals surface area contributed by atoms with E-state index in [1.165, 1.54) is 29.8 Å². The van der Waals surface area contributed by atoms with E-state index in [1.807, 2.05) is 48.5 Å². The second kappa shape index (κ2) is 15.9. The molecule has 0 spiro atoms. The Balaban J connectivity index is 1.43. The lowest BCUT2D eigenvalue weighted by Gasteiger charge is -2.25. The predicted molar refractivity (Wildman–Crippen MR) is 171 cm³/mol. The van der Waals surface area contributed by atoms with Crippen LogP contribution in [0.2, 0.25) is 0 Å². The van der Waals surface area contributed by atoms with Crippen LogP contribution in [0.4, 0.5) is 8.78 Å². The molecule has 7 nitrogen and oxygen atoms in total. The van der Waals surface area contributed by atoms with Crippen molar-refractivity contribution in [3.63, 3.8) is 0 Å². The van der Waals surface area contributed by atoms with Gasteiger partial charge in [0.05, 0.1) is 17.0 Å². The van der Waals surface area contributed by atoms with Gasteiger partial charge in [-0.3, -0.25) is 4.79 Å². The number of hydrogen-bond acceptors (Lipinski definition) is 5. The number of aliphatic hydroxyl groups is 1. The Bertz CT molecular complexity index is 1650. The highest BCUT2D eigenvalue weighted by Crippen LogP contribution is 2.16. The molecule has 4 aromatic rings. The summed E-state index contributed by atoms with van der Waals surface area (Å²) in [4.78, 5) is 13.2. The summed E-state index contributed by atoms with van der Waals surface area (Å²) in [5, 5.41) is 17.0. The van der Waals surface area contributed by atoms with Gasteiger partial charge in [-0.15, -0.1) is 0 Å². The van der Waals surface area contributed by atoms with E-state index in [-0.39, 0.29) is 35.0 Å². The van der Waals surface area contributed by atoms with Crippen LogP contribution in [0, 0.1) is 11.6 Å². The molecule has 0 aliphatic heterocycles. The number of benzene rings is 4. The van der Waals surface area contributed by atoms with Gasteiger partial charge in [-0.05, 0) is 84.8 Å². The molecule has 0 saturated carbocycles. The Morgan fingerprint density at radius 2 is 1.44 bits per heavy atom. The third-order valence-electron chi connectivity index (χ3n) is 7.41. The SMILES string of the molecule is CCc1cccc(CNC[C@@H](O)[C@H](Cc2cc(F)cc(F)c2)NC(=O)c2ccc(S(=O)(=O)NC(C)Cc3ccccc3)cc2)c1. The van der Waals surface area contributed by atoms with Crippen molar-refractivity contribution in [2.24, 2.45) is 0 Å². The lowest BCUT2D eigenvalue weighted by molar-refractivity contribution is 0.0829. The molecule has 4 N–H and O–H groups in total. The molecule has 0 bridgehead atoms. The molecule has 4 aromatic carbocycles. The van der Waals surface area contributed by atoms with Gasteiger partial charge in [0.1, 0.15) is 11.6 Å². The molecule has 0 aliphatic carbocycles. The summed E-state index contributed by atoms with van der Waals surface area (Å²) < 4.78 is 56.4. The molecule has 238 valence electrons. The summed E-state index contributed by atoms with van der Waals surface area (Å²) in [7, 11) is -3.85. The monoisotopic (exact) mass is 635 g/mol. The lowest BCUT2D eigenvalue weighted by Crippen LogP contribution is -2.48. The van der Waals surface area contributed by atoms with E-state index in [0.29, 0.717) is 13.0 Å². The average molecular weight is 636 g/mol. The average Bonchev–Trinajstić information content (AvgIpc) is 3.00. The number of aryl methyl sites for hydroxylation is 1. The third kappa shape index (κ3) is 10.3. The third-order valence-corrected chi connectivity index (χ3v) is 9.01. The summed E-state index contributed by atoms with van der Waals surface area (Å²) in [6, 6.07) is 24.8. The fourth-order valence-electron chi connectivity index (χ4n) is 5.11. The van der Waals surface area contributed by atoms with Gasteiger partial charge in [0.2, 0.25) is 10.0 Å². The van der Waals surface area contributed by atoms with E-state index in [9.17, 15) is 27.1 Å². The minimum Gasteiger partial charge on any atom is -0.390 e. The number of nitrogens with one attached hydrogen (secondary N) is 3. The van der Waals surface area contributed by atoms with Gasteiger partial charge in [0.25, 0.3) is 5.91 Å². The minimum atomic E-state index is -3.85.